The van der Waals surface area contributed by atoms with Crippen molar-refractivity contribution in [3.63, 3.8) is 0 Å². The fourth-order valence-electron chi connectivity index (χ4n) is 2.53. The van der Waals surface area contributed by atoms with Gasteiger partial charge in [-0.3, -0.25) is 5.32 Å². The van der Waals surface area contributed by atoms with Crippen LogP contribution in [0, 0.1) is 6.92 Å². The number of anilines is 1. The Labute approximate surface area is 142 Å². The number of aryl methyl sites for hydroxylation is 1. The van der Waals surface area contributed by atoms with E-state index in [-0.39, 0.29) is 6.03 Å². The van der Waals surface area contributed by atoms with E-state index in [1.165, 1.54) is 11.3 Å². The number of carbonyl (C=O) groups excluding carboxylic acids is 1. The van der Waals surface area contributed by atoms with Crippen LogP contribution < -0.4 is 10.6 Å². The number of carbonyl (C=O) groups is 1. The third-order valence-corrected chi connectivity index (χ3v) is 4.51. The van der Waals surface area contributed by atoms with Crippen molar-refractivity contribution in [1.29, 1.82) is 0 Å². The summed E-state index contributed by atoms with van der Waals surface area (Å²) in [5, 5.41) is 11.9. The lowest BCUT2D eigenvalue weighted by atomic mass is 9.90. The van der Waals surface area contributed by atoms with Crippen molar-refractivity contribution in [2.45, 2.75) is 31.9 Å². The topological polar surface area (TPSA) is 111 Å². The Morgan fingerprint density at radius 2 is 2.21 bits per heavy atom. The van der Waals surface area contributed by atoms with E-state index in [2.05, 4.69) is 25.8 Å². The molecule has 0 aromatic carbocycles. The predicted molar refractivity (Wildman–Crippen MR) is 85.7 cm³/mol. The van der Waals surface area contributed by atoms with E-state index in [9.17, 15) is 4.79 Å². The molecular weight excluding hydrogens is 334 g/mol. The second-order valence-corrected chi connectivity index (χ2v) is 6.36. The SMILES string of the molecule is COCc1csc(NC(=O)NC2(c3nc(C)no3)CCOCC2)n1. The highest BCUT2D eigenvalue weighted by Gasteiger charge is 2.41. The van der Waals surface area contributed by atoms with Crippen LogP contribution in [0.2, 0.25) is 0 Å². The van der Waals surface area contributed by atoms with Crippen LogP contribution in [0.4, 0.5) is 9.93 Å². The Morgan fingerprint density at radius 3 is 2.88 bits per heavy atom. The maximum absolute atomic E-state index is 12.4. The first-order valence-corrected chi connectivity index (χ1v) is 8.40. The summed E-state index contributed by atoms with van der Waals surface area (Å²) in [6.07, 6.45) is 1.13. The third kappa shape index (κ3) is 3.71. The van der Waals surface area contributed by atoms with Crippen molar-refractivity contribution < 1.29 is 18.8 Å². The monoisotopic (exact) mass is 353 g/mol. The molecule has 0 bridgehead atoms. The molecule has 10 heteroatoms. The molecular formula is C14H19N5O4S. The maximum Gasteiger partial charge on any atom is 0.321 e. The van der Waals surface area contributed by atoms with Crippen LogP contribution >= 0.6 is 11.3 Å². The lowest BCUT2D eigenvalue weighted by Crippen LogP contribution is -2.51. The van der Waals surface area contributed by atoms with E-state index in [0.717, 1.165) is 5.69 Å². The number of nitrogens with one attached hydrogen (secondary N) is 2. The van der Waals surface area contributed by atoms with Gasteiger partial charge in [-0.05, 0) is 6.92 Å². The van der Waals surface area contributed by atoms with Crippen LogP contribution in [-0.4, -0.2) is 41.5 Å². The van der Waals surface area contributed by atoms with E-state index in [1.807, 2.05) is 5.38 Å². The summed E-state index contributed by atoms with van der Waals surface area (Å²) in [5.74, 6) is 0.930. The molecule has 1 aliphatic heterocycles. The summed E-state index contributed by atoms with van der Waals surface area (Å²) in [7, 11) is 1.60. The van der Waals surface area contributed by atoms with Crippen LogP contribution in [-0.2, 0) is 21.6 Å². The number of urea groups is 1. The number of methoxy groups -OCH3 is 1. The highest BCUT2D eigenvalue weighted by atomic mass is 32.1. The van der Waals surface area contributed by atoms with Gasteiger partial charge >= 0.3 is 6.03 Å². The van der Waals surface area contributed by atoms with Gasteiger partial charge in [0.15, 0.2) is 11.0 Å². The number of ether oxygens (including phenoxy) is 2. The Morgan fingerprint density at radius 1 is 1.42 bits per heavy atom. The molecule has 9 nitrogen and oxygen atoms in total. The molecule has 0 atom stereocenters. The van der Waals surface area contributed by atoms with Gasteiger partial charge in [0.2, 0.25) is 0 Å². The fourth-order valence-corrected chi connectivity index (χ4v) is 3.22. The number of thiazole rings is 1. The molecule has 3 heterocycles. The van der Waals surface area contributed by atoms with Crippen LogP contribution in [0.3, 0.4) is 0 Å². The van der Waals surface area contributed by atoms with Gasteiger partial charge in [-0.15, -0.1) is 11.3 Å². The number of rotatable bonds is 5. The molecule has 2 N–H and O–H groups in total. The van der Waals surface area contributed by atoms with Gasteiger partial charge in [0.05, 0.1) is 12.3 Å². The van der Waals surface area contributed by atoms with E-state index < -0.39 is 5.54 Å². The lowest BCUT2D eigenvalue weighted by molar-refractivity contribution is 0.0285. The van der Waals surface area contributed by atoms with Crippen molar-refractivity contribution in [3.8, 4) is 0 Å². The molecule has 0 spiro atoms. The standard InChI is InChI=1S/C14H19N5O4S/c1-9-15-11(23-19-9)14(3-5-22-6-4-14)18-12(20)17-13-16-10(7-21-2)8-24-13/h8H,3-7H2,1-2H3,(H2,16,17,18,20). The van der Waals surface area contributed by atoms with Gasteiger partial charge in [-0.1, -0.05) is 5.16 Å². The van der Waals surface area contributed by atoms with E-state index in [1.54, 1.807) is 14.0 Å². The minimum atomic E-state index is -0.726. The predicted octanol–water partition coefficient (Wildman–Crippen LogP) is 1.81. The van der Waals surface area contributed by atoms with Crippen molar-refractivity contribution in [2.24, 2.45) is 0 Å². The van der Waals surface area contributed by atoms with Crippen molar-refractivity contribution >= 4 is 22.5 Å². The van der Waals surface area contributed by atoms with Gasteiger partial charge in [0.1, 0.15) is 5.54 Å². The second-order valence-electron chi connectivity index (χ2n) is 5.50. The summed E-state index contributed by atoms with van der Waals surface area (Å²) in [5.41, 5.74) is 0.0436. The summed E-state index contributed by atoms with van der Waals surface area (Å²) < 4.78 is 15.7. The van der Waals surface area contributed by atoms with Gasteiger partial charge in [-0.2, -0.15) is 4.98 Å². The van der Waals surface area contributed by atoms with Gasteiger partial charge in [0, 0.05) is 38.5 Å². The Bertz CT molecular complexity index is 695. The van der Waals surface area contributed by atoms with Crippen molar-refractivity contribution in [3.05, 3.63) is 22.8 Å². The Balaban J connectivity index is 1.71. The number of nitrogens with zero attached hydrogens (tertiary/aromatic N) is 3. The fraction of sp³-hybridized carbons (Fsp3) is 0.571. The van der Waals surface area contributed by atoms with Crippen molar-refractivity contribution in [1.82, 2.24) is 20.4 Å². The normalized spacial score (nSPS) is 16.8. The number of hydrogen-bond acceptors (Lipinski definition) is 8. The molecule has 0 saturated carbocycles. The average Bonchev–Trinajstić information content (AvgIpc) is 3.18. The Kier molecular flexibility index (Phi) is 5.07. The molecule has 1 saturated heterocycles. The molecule has 3 rings (SSSR count). The summed E-state index contributed by atoms with van der Waals surface area (Å²) in [6, 6.07) is -0.369. The molecule has 130 valence electrons. The zero-order valence-electron chi connectivity index (χ0n) is 13.5. The quantitative estimate of drug-likeness (QED) is 0.843. The third-order valence-electron chi connectivity index (χ3n) is 3.70. The highest BCUT2D eigenvalue weighted by Crippen LogP contribution is 2.31. The van der Waals surface area contributed by atoms with Crippen LogP contribution in [0.1, 0.15) is 30.3 Å². The molecule has 0 unspecified atom stereocenters. The minimum Gasteiger partial charge on any atom is -0.381 e. The summed E-state index contributed by atoms with van der Waals surface area (Å²) in [4.78, 5) is 21.0. The van der Waals surface area contributed by atoms with E-state index in [0.29, 0.717) is 49.5 Å². The first-order chi connectivity index (χ1) is 11.6. The Hall–Kier alpha value is -2.04. The lowest BCUT2D eigenvalue weighted by Gasteiger charge is -2.34. The number of amides is 2. The number of aromatic nitrogens is 3. The molecule has 1 fully saturated rings. The molecule has 24 heavy (non-hydrogen) atoms. The van der Waals surface area contributed by atoms with Gasteiger partial charge < -0.3 is 19.3 Å². The average molecular weight is 353 g/mol. The zero-order chi connectivity index (χ0) is 17.0. The molecule has 0 radical (unpaired) electrons. The zero-order valence-corrected chi connectivity index (χ0v) is 14.3. The number of hydrogen-bond donors (Lipinski definition) is 2. The van der Waals surface area contributed by atoms with Crippen LogP contribution in [0.5, 0.6) is 0 Å². The van der Waals surface area contributed by atoms with Crippen LogP contribution in [0.15, 0.2) is 9.90 Å². The largest absolute Gasteiger partial charge is 0.381 e. The molecule has 2 amide bonds. The molecule has 2 aromatic rings. The van der Waals surface area contributed by atoms with E-state index >= 15 is 0 Å². The summed E-state index contributed by atoms with van der Waals surface area (Å²) in [6.45, 7) is 3.17. The minimum absolute atomic E-state index is 0.369. The van der Waals surface area contributed by atoms with Crippen LogP contribution in [0.25, 0.3) is 0 Å². The van der Waals surface area contributed by atoms with E-state index in [4.69, 9.17) is 14.0 Å². The van der Waals surface area contributed by atoms with Gasteiger partial charge in [0.25, 0.3) is 5.89 Å². The summed E-state index contributed by atoms with van der Waals surface area (Å²) >= 11 is 1.34. The van der Waals surface area contributed by atoms with Gasteiger partial charge in [-0.25, -0.2) is 9.78 Å². The smallest absolute Gasteiger partial charge is 0.321 e. The first kappa shape index (κ1) is 16.8. The maximum atomic E-state index is 12.4. The first-order valence-electron chi connectivity index (χ1n) is 7.52. The highest BCUT2D eigenvalue weighted by molar-refractivity contribution is 7.13. The molecule has 1 aliphatic rings. The molecule has 0 aliphatic carbocycles. The second kappa shape index (κ2) is 7.24. The van der Waals surface area contributed by atoms with Crippen molar-refractivity contribution in [2.75, 3.05) is 25.6 Å². The molecule has 2 aromatic heterocycles.